The summed E-state index contributed by atoms with van der Waals surface area (Å²) in [5.74, 6) is -1.08. The second-order valence-corrected chi connectivity index (χ2v) is 12.1. The van der Waals surface area contributed by atoms with E-state index in [2.05, 4.69) is 11.6 Å². The summed E-state index contributed by atoms with van der Waals surface area (Å²) < 4.78 is 50.1. The van der Waals surface area contributed by atoms with Gasteiger partial charge < -0.3 is 14.5 Å². The second kappa shape index (κ2) is 11.5. The minimum absolute atomic E-state index is 0.0520. The number of hydrogen-bond donors (Lipinski definition) is 0. The van der Waals surface area contributed by atoms with Gasteiger partial charge in [-0.2, -0.15) is 4.98 Å². The average Bonchev–Trinajstić information content (AvgIpc) is 2.95. The number of aromatic nitrogens is 2. The smallest absolute Gasteiger partial charge is 0.350 e. The van der Waals surface area contributed by atoms with E-state index in [9.17, 15) is 18.4 Å². The van der Waals surface area contributed by atoms with Crippen LogP contribution in [0.5, 0.6) is 5.75 Å². The summed E-state index contributed by atoms with van der Waals surface area (Å²) >= 11 is 6.82. The largest absolute Gasteiger partial charge is 0.488 e. The van der Waals surface area contributed by atoms with Gasteiger partial charge in [0.15, 0.2) is 5.75 Å². The topological polar surface area (TPSA) is 70.9 Å². The minimum Gasteiger partial charge on any atom is -0.488 e. The van der Waals surface area contributed by atoms with E-state index < -0.39 is 23.5 Å². The Labute approximate surface area is 252 Å². The Morgan fingerprint density at radius 2 is 1.93 bits per heavy atom. The number of piperazine rings is 1. The molecule has 6 rings (SSSR count). The number of halogens is 4. The number of benzene rings is 2. The van der Waals surface area contributed by atoms with Gasteiger partial charge in [-0.05, 0) is 57.5 Å². The molecule has 2 fully saturated rings. The number of hydrogen-bond acceptors (Lipinski definition) is 6. The molecule has 0 N–H and O–H groups in total. The molecule has 4 heterocycles. The van der Waals surface area contributed by atoms with Crippen LogP contribution in [0.1, 0.15) is 32.7 Å². The number of ether oxygens (including phenoxy) is 1. The summed E-state index contributed by atoms with van der Waals surface area (Å²) in [4.78, 5) is 36.6. The highest BCUT2D eigenvalue weighted by molar-refractivity contribution is 6.35. The van der Waals surface area contributed by atoms with Crippen LogP contribution in [-0.4, -0.2) is 82.8 Å². The Bertz CT molecular complexity index is 1660. The molecule has 3 aliphatic heterocycles. The first kappa shape index (κ1) is 29.5. The molecule has 1 amide bonds. The molecule has 0 radical (unpaired) electrons. The molecule has 0 spiro atoms. The van der Waals surface area contributed by atoms with Crippen molar-refractivity contribution < 1.29 is 22.7 Å². The molecule has 1 aromatic heterocycles. The predicted molar refractivity (Wildman–Crippen MR) is 160 cm³/mol. The van der Waals surface area contributed by atoms with Gasteiger partial charge in [0.1, 0.15) is 30.2 Å². The van der Waals surface area contributed by atoms with Crippen molar-refractivity contribution in [2.75, 3.05) is 44.2 Å². The Balaban J connectivity index is 1.48. The molecule has 8 nitrogen and oxygen atoms in total. The van der Waals surface area contributed by atoms with E-state index in [-0.39, 0.29) is 52.5 Å². The first-order valence-electron chi connectivity index (χ1n) is 14.5. The zero-order valence-corrected chi connectivity index (χ0v) is 24.8. The lowest BCUT2D eigenvalue weighted by atomic mass is 9.98. The van der Waals surface area contributed by atoms with E-state index in [0.29, 0.717) is 62.3 Å². The highest BCUT2D eigenvalue weighted by Crippen LogP contribution is 2.47. The number of alkyl halides is 1. The first-order valence-corrected chi connectivity index (χ1v) is 14.9. The summed E-state index contributed by atoms with van der Waals surface area (Å²) in [7, 11) is 0. The van der Waals surface area contributed by atoms with Crippen LogP contribution in [0.25, 0.3) is 22.0 Å². The zero-order chi connectivity index (χ0) is 30.6. The summed E-state index contributed by atoms with van der Waals surface area (Å²) in [5, 5.41) is 0.723. The van der Waals surface area contributed by atoms with Crippen molar-refractivity contribution in [2.45, 2.75) is 51.0 Å². The summed E-state index contributed by atoms with van der Waals surface area (Å²) in [6.07, 6.45) is 1.80. The third-order valence-corrected chi connectivity index (χ3v) is 9.02. The van der Waals surface area contributed by atoms with Crippen LogP contribution in [-0.2, 0) is 4.79 Å². The third kappa shape index (κ3) is 5.26. The van der Waals surface area contributed by atoms with E-state index >= 15 is 4.39 Å². The lowest BCUT2D eigenvalue weighted by Crippen LogP contribution is -2.58. The van der Waals surface area contributed by atoms with Gasteiger partial charge in [0, 0.05) is 60.8 Å². The maximum atomic E-state index is 15.1. The highest BCUT2D eigenvalue weighted by Gasteiger charge is 2.36. The van der Waals surface area contributed by atoms with Gasteiger partial charge in [0.05, 0.1) is 16.6 Å². The minimum atomic E-state index is -0.808. The highest BCUT2D eigenvalue weighted by atomic mass is 35.5. The zero-order valence-electron chi connectivity index (χ0n) is 24.0. The van der Waals surface area contributed by atoms with Crippen LogP contribution in [0.3, 0.4) is 0 Å². The molecule has 0 bridgehead atoms. The molecule has 0 unspecified atom stereocenters. The van der Waals surface area contributed by atoms with Crippen LogP contribution in [0.4, 0.5) is 19.0 Å². The van der Waals surface area contributed by atoms with E-state index in [4.69, 9.17) is 16.3 Å². The molecule has 3 aliphatic rings. The van der Waals surface area contributed by atoms with Crippen molar-refractivity contribution in [1.29, 1.82) is 0 Å². The number of carbonyl (C=O) groups excluding carboxylic acids is 1. The van der Waals surface area contributed by atoms with Crippen LogP contribution < -0.4 is 15.3 Å². The Kier molecular flexibility index (Phi) is 7.89. The Hall–Kier alpha value is -3.57. The molecule has 3 aromatic rings. The molecule has 0 aliphatic carbocycles. The number of anilines is 1. The number of carbonyl (C=O) groups is 1. The summed E-state index contributed by atoms with van der Waals surface area (Å²) in [6, 6.07) is 4.14. The maximum Gasteiger partial charge on any atom is 0.350 e. The van der Waals surface area contributed by atoms with Crippen molar-refractivity contribution >= 4 is 34.2 Å². The molecule has 2 saturated heterocycles. The van der Waals surface area contributed by atoms with E-state index in [0.717, 1.165) is 12.1 Å². The second-order valence-electron chi connectivity index (χ2n) is 11.7. The van der Waals surface area contributed by atoms with Gasteiger partial charge >= 0.3 is 5.69 Å². The predicted octanol–water partition coefficient (Wildman–Crippen LogP) is 4.97. The fourth-order valence-corrected chi connectivity index (χ4v) is 6.82. The number of amides is 1. The van der Waals surface area contributed by atoms with Gasteiger partial charge in [-0.1, -0.05) is 18.2 Å². The van der Waals surface area contributed by atoms with E-state index in [1.807, 2.05) is 23.6 Å². The summed E-state index contributed by atoms with van der Waals surface area (Å²) in [6.45, 7) is 9.93. The Morgan fingerprint density at radius 3 is 2.63 bits per heavy atom. The van der Waals surface area contributed by atoms with Crippen LogP contribution in [0.2, 0.25) is 5.02 Å². The lowest BCUT2D eigenvalue weighted by molar-refractivity contribution is -0.128. The van der Waals surface area contributed by atoms with E-state index in [1.54, 1.807) is 15.5 Å². The van der Waals surface area contributed by atoms with Crippen LogP contribution >= 0.6 is 11.6 Å². The van der Waals surface area contributed by atoms with Crippen molar-refractivity contribution in [3.8, 4) is 16.9 Å². The van der Waals surface area contributed by atoms with Crippen LogP contribution in [0, 0.1) is 11.6 Å². The van der Waals surface area contributed by atoms with Gasteiger partial charge in [-0.15, -0.1) is 0 Å². The number of nitrogens with zero attached hydrogens (tertiary/aromatic N) is 5. The quantitative estimate of drug-likeness (QED) is 0.350. The van der Waals surface area contributed by atoms with E-state index in [1.165, 1.54) is 12.1 Å². The standard InChI is InChI=1S/C31H33ClF3N5O3/c1-4-26(41)38-12-18(3)39(13-17(38)2)30-23-11-24(32)27(22-8-7-19(33)10-25(22)35)29-28(23)40(31(42)36-30)21(16-43-29)6-5-9-37-14-20(34)15-37/h4,7-8,10-11,17-18,20-21H,1,5-6,9,12-16H2,2-3H3/t17-,18+,21-/m1/s1. The average molecular weight is 616 g/mol. The molecule has 12 heteroatoms. The van der Waals surface area contributed by atoms with Crippen molar-refractivity contribution in [3.05, 3.63) is 64.1 Å². The monoisotopic (exact) mass is 615 g/mol. The van der Waals surface area contributed by atoms with Gasteiger partial charge in [0.2, 0.25) is 5.91 Å². The molecule has 2 aromatic carbocycles. The lowest BCUT2D eigenvalue weighted by Gasteiger charge is -2.45. The SMILES string of the molecule is C=CC(=O)N1C[C@H](C)N(c2nc(=O)n3c4c(c(-c5ccc(F)cc5F)c(Cl)cc24)OC[C@H]3CCCN2CC(F)C2)C[C@H]1C. The maximum absolute atomic E-state index is 15.1. The molecule has 0 saturated carbocycles. The molecular formula is C31H33ClF3N5O3. The molecule has 228 valence electrons. The fraction of sp³-hybridized carbons (Fsp3) is 0.452. The van der Waals surface area contributed by atoms with Gasteiger partial charge in [0.25, 0.3) is 0 Å². The number of likely N-dealkylation sites (tertiary alicyclic amines) is 1. The normalized spacial score (nSPS) is 22.4. The number of rotatable bonds is 7. The van der Waals surface area contributed by atoms with Gasteiger partial charge in [-0.3, -0.25) is 14.3 Å². The summed E-state index contributed by atoms with van der Waals surface area (Å²) in [5.41, 5.74) is 0.234. The Morgan fingerprint density at radius 1 is 1.16 bits per heavy atom. The van der Waals surface area contributed by atoms with Crippen molar-refractivity contribution in [1.82, 2.24) is 19.4 Å². The molecule has 3 atom stereocenters. The third-order valence-electron chi connectivity index (χ3n) is 8.72. The van der Waals surface area contributed by atoms with Crippen LogP contribution in [0.15, 0.2) is 41.7 Å². The van der Waals surface area contributed by atoms with Crippen molar-refractivity contribution in [3.63, 3.8) is 0 Å². The fourth-order valence-electron chi connectivity index (χ4n) is 6.52. The van der Waals surface area contributed by atoms with Gasteiger partial charge in [-0.25, -0.2) is 18.0 Å². The first-order chi connectivity index (χ1) is 20.6. The molecule has 43 heavy (non-hydrogen) atoms. The molecular weight excluding hydrogens is 583 g/mol. The van der Waals surface area contributed by atoms with Crippen molar-refractivity contribution in [2.24, 2.45) is 0 Å².